The topological polar surface area (TPSA) is 38.0 Å². The molecule has 0 atom stereocenters. The van der Waals surface area contributed by atoms with Gasteiger partial charge in [0, 0.05) is 0 Å². The van der Waals surface area contributed by atoms with Crippen molar-refractivity contribution in [2.24, 2.45) is 0 Å². The van der Waals surface area contributed by atoms with Crippen molar-refractivity contribution in [2.75, 3.05) is 0 Å². The molecule has 2 aromatic rings. The van der Waals surface area contributed by atoms with Crippen molar-refractivity contribution in [3.8, 4) is 11.4 Å². The van der Waals surface area contributed by atoms with E-state index in [2.05, 4.69) is 5.10 Å². The molecule has 0 aliphatic heterocycles. The standard InChI is InChI=1S/C11H9F3N2O/c1-7-10(17)6-16(15-7)9-5-3-2-4-8(9)11(12,13)14/h2-6,17H,1H3. The molecule has 2 rings (SSSR count). The van der Waals surface area contributed by atoms with Gasteiger partial charge in [0.1, 0.15) is 5.69 Å². The molecule has 0 spiro atoms. The van der Waals surface area contributed by atoms with Gasteiger partial charge in [0.05, 0.1) is 17.4 Å². The van der Waals surface area contributed by atoms with Crippen LogP contribution in [-0.4, -0.2) is 14.9 Å². The molecule has 1 aromatic carbocycles. The zero-order valence-corrected chi connectivity index (χ0v) is 8.86. The van der Waals surface area contributed by atoms with E-state index in [-0.39, 0.29) is 17.1 Å². The van der Waals surface area contributed by atoms with E-state index >= 15 is 0 Å². The van der Waals surface area contributed by atoms with Gasteiger partial charge in [0.15, 0.2) is 5.75 Å². The highest BCUT2D eigenvalue weighted by atomic mass is 19.4. The van der Waals surface area contributed by atoms with Gasteiger partial charge in [-0.2, -0.15) is 18.3 Å². The molecule has 0 aliphatic carbocycles. The molecule has 3 nitrogen and oxygen atoms in total. The molecular formula is C11H9F3N2O. The first-order valence-corrected chi connectivity index (χ1v) is 4.81. The molecule has 0 bridgehead atoms. The van der Waals surface area contributed by atoms with Crippen molar-refractivity contribution >= 4 is 0 Å². The van der Waals surface area contributed by atoms with E-state index in [9.17, 15) is 18.3 Å². The van der Waals surface area contributed by atoms with Gasteiger partial charge in [-0.15, -0.1) is 0 Å². The minimum atomic E-state index is -4.45. The second-order valence-electron chi connectivity index (χ2n) is 3.56. The fourth-order valence-corrected chi connectivity index (χ4v) is 1.49. The Hall–Kier alpha value is -1.98. The number of hydrogen-bond donors (Lipinski definition) is 1. The number of para-hydroxylation sites is 1. The van der Waals surface area contributed by atoms with E-state index < -0.39 is 11.7 Å². The maximum atomic E-state index is 12.7. The molecule has 0 unspecified atom stereocenters. The third-order valence-corrected chi connectivity index (χ3v) is 2.33. The van der Waals surface area contributed by atoms with Gasteiger partial charge in [0.25, 0.3) is 0 Å². The Morgan fingerprint density at radius 1 is 1.24 bits per heavy atom. The number of rotatable bonds is 1. The van der Waals surface area contributed by atoms with E-state index in [1.807, 2.05) is 0 Å². The number of nitrogens with zero attached hydrogens (tertiary/aromatic N) is 2. The fraction of sp³-hybridized carbons (Fsp3) is 0.182. The molecule has 0 fully saturated rings. The van der Waals surface area contributed by atoms with Gasteiger partial charge in [0.2, 0.25) is 0 Å². The fourth-order valence-electron chi connectivity index (χ4n) is 1.49. The Bertz CT molecular complexity index is 526. The van der Waals surface area contributed by atoms with Crippen LogP contribution >= 0.6 is 0 Å². The van der Waals surface area contributed by atoms with Crippen LogP contribution in [0, 0.1) is 6.92 Å². The molecule has 0 radical (unpaired) electrons. The molecule has 0 saturated heterocycles. The van der Waals surface area contributed by atoms with Crippen LogP contribution in [0.4, 0.5) is 13.2 Å². The van der Waals surface area contributed by atoms with Crippen molar-refractivity contribution < 1.29 is 18.3 Å². The van der Waals surface area contributed by atoms with Gasteiger partial charge in [-0.25, -0.2) is 4.68 Å². The highest BCUT2D eigenvalue weighted by Crippen LogP contribution is 2.34. The monoisotopic (exact) mass is 242 g/mol. The maximum Gasteiger partial charge on any atom is 0.418 e. The molecule has 0 saturated carbocycles. The summed E-state index contributed by atoms with van der Waals surface area (Å²) < 4.78 is 39.2. The average molecular weight is 242 g/mol. The normalized spacial score (nSPS) is 11.8. The van der Waals surface area contributed by atoms with E-state index in [0.29, 0.717) is 0 Å². The predicted molar refractivity (Wildman–Crippen MR) is 55.0 cm³/mol. The third kappa shape index (κ3) is 2.11. The Balaban J connectivity index is 2.60. The predicted octanol–water partition coefficient (Wildman–Crippen LogP) is 2.91. The first-order chi connectivity index (χ1) is 7.89. The lowest BCUT2D eigenvalue weighted by molar-refractivity contribution is -0.137. The van der Waals surface area contributed by atoms with Crippen LogP contribution in [-0.2, 0) is 6.18 Å². The van der Waals surface area contributed by atoms with Gasteiger partial charge < -0.3 is 5.11 Å². The number of alkyl halides is 3. The van der Waals surface area contributed by atoms with Crippen molar-refractivity contribution in [1.82, 2.24) is 9.78 Å². The van der Waals surface area contributed by atoms with E-state index in [1.165, 1.54) is 25.1 Å². The van der Waals surface area contributed by atoms with Gasteiger partial charge in [-0.1, -0.05) is 12.1 Å². The maximum absolute atomic E-state index is 12.7. The first kappa shape index (κ1) is 11.5. The molecule has 17 heavy (non-hydrogen) atoms. The summed E-state index contributed by atoms with van der Waals surface area (Å²) in [6, 6.07) is 5.07. The highest BCUT2D eigenvalue weighted by molar-refractivity contribution is 5.43. The van der Waals surface area contributed by atoms with Crippen LogP contribution in [0.5, 0.6) is 5.75 Å². The number of hydrogen-bond acceptors (Lipinski definition) is 2. The number of aromatic hydroxyl groups is 1. The van der Waals surface area contributed by atoms with Crippen molar-refractivity contribution in [1.29, 1.82) is 0 Å². The lowest BCUT2D eigenvalue weighted by Gasteiger charge is -2.11. The minimum absolute atomic E-state index is 0.108. The minimum Gasteiger partial charge on any atom is -0.504 e. The van der Waals surface area contributed by atoms with Crippen molar-refractivity contribution in [2.45, 2.75) is 13.1 Å². The smallest absolute Gasteiger partial charge is 0.418 e. The van der Waals surface area contributed by atoms with Crippen molar-refractivity contribution in [3.63, 3.8) is 0 Å². The quantitative estimate of drug-likeness (QED) is 0.834. The number of aromatic nitrogens is 2. The molecule has 0 amide bonds. The molecule has 1 heterocycles. The summed E-state index contributed by atoms with van der Waals surface area (Å²) in [7, 11) is 0. The second-order valence-corrected chi connectivity index (χ2v) is 3.56. The molecule has 1 N–H and O–H groups in total. The van der Waals surface area contributed by atoms with E-state index in [0.717, 1.165) is 16.9 Å². The van der Waals surface area contributed by atoms with Gasteiger partial charge in [-0.05, 0) is 19.1 Å². The number of halogens is 3. The van der Waals surface area contributed by atoms with Crippen LogP contribution in [0.1, 0.15) is 11.3 Å². The molecule has 6 heteroatoms. The SMILES string of the molecule is Cc1nn(-c2ccccc2C(F)(F)F)cc1O. The molecular weight excluding hydrogens is 233 g/mol. The Kier molecular flexibility index (Phi) is 2.57. The van der Waals surface area contributed by atoms with Crippen LogP contribution < -0.4 is 0 Å². The van der Waals surface area contributed by atoms with E-state index in [1.54, 1.807) is 0 Å². The summed E-state index contributed by atoms with van der Waals surface area (Å²) in [5.74, 6) is -0.137. The summed E-state index contributed by atoms with van der Waals surface area (Å²) in [4.78, 5) is 0. The zero-order valence-electron chi connectivity index (χ0n) is 8.86. The Labute approximate surface area is 95.1 Å². The highest BCUT2D eigenvalue weighted by Gasteiger charge is 2.33. The van der Waals surface area contributed by atoms with Crippen LogP contribution in [0.25, 0.3) is 5.69 Å². The molecule has 0 aliphatic rings. The number of aryl methyl sites for hydroxylation is 1. The second kappa shape index (κ2) is 3.80. The van der Waals surface area contributed by atoms with Gasteiger partial charge in [-0.3, -0.25) is 0 Å². The molecule has 90 valence electrons. The molecule has 1 aromatic heterocycles. The summed E-state index contributed by atoms with van der Waals surface area (Å²) in [5.41, 5.74) is -0.618. The Morgan fingerprint density at radius 2 is 1.88 bits per heavy atom. The van der Waals surface area contributed by atoms with Crippen LogP contribution in [0.2, 0.25) is 0 Å². The lowest BCUT2D eigenvalue weighted by Crippen LogP contribution is -2.10. The largest absolute Gasteiger partial charge is 0.504 e. The summed E-state index contributed by atoms with van der Waals surface area (Å²) >= 11 is 0. The van der Waals surface area contributed by atoms with Crippen molar-refractivity contribution in [3.05, 3.63) is 41.7 Å². The van der Waals surface area contributed by atoms with E-state index in [4.69, 9.17) is 0 Å². The first-order valence-electron chi connectivity index (χ1n) is 4.81. The van der Waals surface area contributed by atoms with Crippen LogP contribution in [0.3, 0.4) is 0 Å². The lowest BCUT2D eigenvalue weighted by atomic mass is 10.2. The van der Waals surface area contributed by atoms with Crippen LogP contribution in [0.15, 0.2) is 30.5 Å². The zero-order chi connectivity index (χ0) is 12.6. The number of benzene rings is 1. The average Bonchev–Trinajstić information content (AvgIpc) is 2.58. The third-order valence-electron chi connectivity index (χ3n) is 2.33. The Morgan fingerprint density at radius 3 is 2.41 bits per heavy atom. The summed E-state index contributed by atoms with van der Waals surface area (Å²) in [6.07, 6.45) is -3.30. The summed E-state index contributed by atoms with van der Waals surface area (Å²) in [5, 5.41) is 13.2. The summed E-state index contributed by atoms with van der Waals surface area (Å²) in [6.45, 7) is 1.52. The van der Waals surface area contributed by atoms with Gasteiger partial charge >= 0.3 is 6.18 Å².